The van der Waals surface area contributed by atoms with Gasteiger partial charge in [0.05, 0.1) is 24.8 Å². The lowest BCUT2D eigenvalue weighted by Crippen LogP contribution is -2.42. The van der Waals surface area contributed by atoms with E-state index in [1.165, 1.54) is 0 Å². The van der Waals surface area contributed by atoms with E-state index in [-0.39, 0.29) is 11.3 Å². The van der Waals surface area contributed by atoms with Crippen molar-refractivity contribution >= 4 is 17.4 Å². The van der Waals surface area contributed by atoms with Crippen LogP contribution in [-0.4, -0.2) is 66.0 Å². The number of aliphatic hydroxyl groups excluding tert-OH is 1. The molecule has 0 spiro atoms. The molecule has 2 saturated heterocycles. The normalized spacial score (nSPS) is 19.6. The molecule has 2 fully saturated rings. The van der Waals surface area contributed by atoms with Gasteiger partial charge in [-0.15, -0.1) is 0 Å². The molecule has 1 unspecified atom stereocenters. The van der Waals surface area contributed by atoms with Crippen molar-refractivity contribution in [3.63, 3.8) is 0 Å². The molecular weight excluding hydrogens is 480 g/mol. The minimum Gasteiger partial charge on any atom is -0.507 e. The van der Waals surface area contributed by atoms with Crippen molar-refractivity contribution in [2.24, 2.45) is 0 Å². The number of ketones is 1. The summed E-state index contributed by atoms with van der Waals surface area (Å²) >= 11 is 0. The van der Waals surface area contributed by atoms with Crippen LogP contribution in [0.2, 0.25) is 0 Å². The Morgan fingerprint density at radius 2 is 1.61 bits per heavy atom. The smallest absolute Gasteiger partial charge is 0.295 e. The molecule has 1 amide bonds. The minimum atomic E-state index is -0.667. The summed E-state index contributed by atoms with van der Waals surface area (Å²) < 4.78 is 11.3. The Kier molecular flexibility index (Phi) is 7.86. The molecule has 3 aromatic carbocycles. The number of hydrogen-bond donors (Lipinski definition) is 1. The van der Waals surface area contributed by atoms with Crippen molar-refractivity contribution in [3.05, 3.63) is 107 Å². The van der Waals surface area contributed by atoms with Crippen LogP contribution in [0.15, 0.2) is 84.4 Å². The van der Waals surface area contributed by atoms with E-state index in [9.17, 15) is 14.7 Å². The zero-order chi connectivity index (χ0) is 26.5. The van der Waals surface area contributed by atoms with Gasteiger partial charge in [0.1, 0.15) is 18.1 Å². The molecule has 2 heterocycles. The van der Waals surface area contributed by atoms with E-state index in [1.54, 1.807) is 29.2 Å². The molecule has 1 N–H and O–H groups in total. The molecule has 0 radical (unpaired) electrons. The summed E-state index contributed by atoms with van der Waals surface area (Å²) in [5, 5.41) is 11.3. The van der Waals surface area contributed by atoms with Gasteiger partial charge in [0.25, 0.3) is 11.7 Å². The second kappa shape index (κ2) is 11.6. The molecule has 7 heteroatoms. The highest BCUT2D eigenvalue weighted by Gasteiger charge is 2.46. The van der Waals surface area contributed by atoms with Crippen molar-refractivity contribution in [2.75, 3.05) is 39.4 Å². The maximum absolute atomic E-state index is 13.3. The second-order valence-corrected chi connectivity index (χ2v) is 9.66. The van der Waals surface area contributed by atoms with Gasteiger partial charge >= 0.3 is 0 Å². The Bertz CT molecular complexity index is 1300. The number of benzene rings is 3. The number of likely N-dealkylation sites (tertiary alicyclic amines) is 1. The van der Waals surface area contributed by atoms with Crippen LogP contribution in [0, 0.1) is 6.92 Å². The highest BCUT2D eigenvalue weighted by molar-refractivity contribution is 6.46. The molecule has 1 atom stereocenters. The van der Waals surface area contributed by atoms with Crippen molar-refractivity contribution < 1.29 is 24.2 Å². The molecule has 2 aliphatic heterocycles. The SMILES string of the molecule is Cc1ccc(C2/C(=C(\O)c3ccc(OCc4ccccc4)cc3)C(=O)C(=O)N2CCN2CCOCC2)cc1. The predicted molar refractivity (Wildman–Crippen MR) is 145 cm³/mol. The molecule has 0 bridgehead atoms. The quantitative estimate of drug-likeness (QED) is 0.275. The van der Waals surface area contributed by atoms with Crippen molar-refractivity contribution in [3.8, 4) is 5.75 Å². The summed E-state index contributed by atoms with van der Waals surface area (Å²) in [6.07, 6.45) is 0. The van der Waals surface area contributed by atoms with Crippen molar-refractivity contribution in [1.82, 2.24) is 9.80 Å². The maximum Gasteiger partial charge on any atom is 0.295 e. The third-order valence-corrected chi connectivity index (χ3v) is 7.07. The van der Waals surface area contributed by atoms with Crippen LogP contribution < -0.4 is 4.74 Å². The van der Waals surface area contributed by atoms with Crippen molar-refractivity contribution in [2.45, 2.75) is 19.6 Å². The van der Waals surface area contributed by atoms with Gasteiger partial charge in [-0.05, 0) is 42.3 Å². The number of carbonyl (C=O) groups excluding carboxylic acids is 2. The first kappa shape index (κ1) is 25.7. The number of hydrogen-bond acceptors (Lipinski definition) is 6. The van der Waals surface area contributed by atoms with Crippen LogP contribution in [0.1, 0.15) is 28.3 Å². The molecule has 0 aliphatic carbocycles. The van der Waals surface area contributed by atoms with Gasteiger partial charge in [-0.25, -0.2) is 0 Å². The summed E-state index contributed by atoms with van der Waals surface area (Å²) in [5.41, 5.74) is 3.49. The fourth-order valence-corrected chi connectivity index (χ4v) is 4.89. The highest BCUT2D eigenvalue weighted by Crippen LogP contribution is 2.39. The zero-order valence-corrected chi connectivity index (χ0v) is 21.5. The van der Waals surface area contributed by atoms with E-state index in [2.05, 4.69) is 4.90 Å². The number of carbonyl (C=O) groups is 2. The van der Waals surface area contributed by atoms with E-state index < -0.39 is 17.7 Å². The summed E-state index contributed by atoms with van der Waals surface area (Å²) in [4.78, 5) is 30.3. The van der Waals surface area contributed by atoms with Gasteiger partial charge in [0.15, 0.2) is 0 Å². The Morgan fingerprint density at radius 3 is 2.29 bits per heavy atom. The maximum atomic E-state index is 13.3. The number of rotatable bonds is 8. The monoisotopic (exact) mass is 512 g/mol. The number of Topliss-reactive ketones (excluding diaryl/α,β-unsaturated/α-hetero) is 1. The van der Waals surface area contributed by atoms with Gasteiger partial charge < -0.3 is 19.5 Å². The lowest BCUT2D eigenvalue weighted by Gasteiger charge is -2.31. The lowest BCUT2D eigenvalue weighted by molar-refractivity contribution is -0.140. The third-order valence-electron chi connectivity index (χ3n) is 7.07. The summed E-state index contributed by atoms with van der Waals surface area (Å²) in [6, 6.07) is 23.9. The van der Waals surface area contributed by atoms with Gasteiger partial charge in [0, 0.05) is 31.7 Å². The van der Waals surface area contributed by atoms with Gasteiger partial charge in [0.2, 0.25) is 0 Å². The molecule has 196 valence electrons. The molecule has 3 aromatic rings. The van der Waals surface area contributed by atoms with Gasteiger partial charge in [-0.3, -0.25) is 14.5 Å². The van der Waals surface area contributed by atoms with Crippen LogP contribution >= 0.6 is 0 Å². The Hall–Kier alpha value is -3.94. The van der Waals surface area contributed by atoms with E-state index in [0.717, 1.165) is 29.8 Å². The Labute approximate surface area is 222 Å². The Balaban J connectivity index is 1.41. The van der Waals surface area contributed by atoms with Gasteiger partial charge in [-0.1, -0.05) is 60.2 Å². The molecular formula is C31H32N2O5. The second-order valence-electron chi connectivity index (χ2n) is 9.66. The first-order valence-corrected chi connectivity index (χ1v) is 12.9. The minimum absolute atomic E-state index is 0.110. The van der Waals surface area contributed by atoms with Crippen LogP contribution in [0.25, 0.3) is 5.76 Å². The zero-order valence-electron chi connectivity index (χ0n) is 21.5. The topological polar surface area (TPSA) is 79.3 Å². The third kappa shape index (κ3) is 5.64. The number of aliphatic hydroxyl groups is 1. The number of ether oxygens (including phenoxy) is 2. The van der Waals surface area contributed by atoms with Crippen LogP contribution in [0.4, 0.5) is 0 Å². The standard InChI is InChI=1S/C31H32N2O5/c1-22-7-9-24(10-8-22)28-27(30(35)31(36)33(28)16-15-32-17-19-37-20-18-32)29(34)25-11-13-26(14-12-25)38-21-23-5-3-2-4-6-23/h2-14,28,34H,15-21H2,1H3/b29-27+. The fraction of sp³-hybridized carbons (Fsp3) is 0.290. The molecule has 2 aliphatic rings. The molecule has 0 saturated carbocycles. The number of amides is 1. The van der Waals surface area contributed by atoms with E-state index in [4.69, 9.17) is 9.47 Å². The molecule has 0 aromatic heterocycles. The van der Waals surface area contributed by atoms with E-state index in [1.807, 2.05) is 61.5 Å². The van der Waals surface area contributed by atoms with E-state index in [0.29, 0.717) is 44.2 Å². The largest absolute Gasteiger partial charge is 0.507 e. The fourth-order valence-electron chi connectivity index (χ4n) is 4.89. The van der Waals surface area contributed by atoms with Crippen LogP contribution in [0.5, 0.6) is 5.75 Å². The molecule has 5 rings (SSSR count). The average molecular weight is 513 g/mol. The molecule has 7 nitrogen and oxygen atoms in total. The highest BCUT2D eigenvalue weighted by atomic mass is 16.5. The van der Waals surface area contributed by atoms with Crippen LogP contribution in [-0.2, 0) is 20.9 Å². The average Bonchev–Trinajstić information content (AvgIpc) is 3.21. The number of morpholine rings is 1. The van der Waals surface area contributed by atoms with Crippen LogP contribution in [0.3, 0.4) is 0 Å². The van der Waals surface area contributed by atoms with Crippen molar-refractivity contribution in [1.29, 1.82) is 0 Å². The first-order chi connectivity index (χ1) is 18.5. The lowest BCUT2D eigenvalue weighted by atomic mass is 9.94. The van der Waals surface area contributed by atoms with E-state index >= 15 is 0 Å². The Morgan fingerprint density at radius 1 is 0.921 bits per heavy atom. The number of nitrogens with zero attached hydrogens (tertiary/aromatic N) is 2. The molecule has 38 heavy (non-hydrogen) atoms. The predicted octanol–water partition coefficient (Wildman–Crippen LogP) is 4.33. The number of aryl methyl sites for hydroxylation is 1. The summed E-state index contributed by atoms with van der Waals surface area (Å²) in [6.45, 7) is 6.32. The summed E-state index contributed by atoms with van der Waals surface area (Å²) in [5.74, 6) is -0.795. The summed E-state index contributed by atoms with van der Waals surface area (Å²) in [7, 11) is 0. The van der Waals surface area contributed by atoms with Gasteiger partial charge in [-0.2, -0.15) is 0 Å². The first-order valence-electron chi connectivity index (χ1n) is 12.9.